The molecule has 0 atom stereocenters. The van der Waals surface area contributed by atoms with Gasteiger partial charge >= 0.3 is 0 Å². The van der Waals surface area contributed by atoms with E-state index in [-0.39, 0.29) is 0 Å². The molecule has 2 heteroatoms. The highest BCUT2D eigenvalue weighted by molar-refractivity contribution is 4.99. The van der Waals surface area contributed by atoms with Gasteiger partial charge in [0.25, 0.3) is 0 Å². The van der Waals surface area contributed by atoms with E-state index in [1.807, 2.05) is 7.05 Å². The number of hydrogen-bond donors (Lipinski definition) is 1. The first-order valence-corrected chi connectivity index (χ1v) is 6.07. The molecule has 1 rings (SSSR count). The maximum absolute atomic E-state index is 4.10. The highest BCUT2D eigenvalue weighted by Crippen LogP contribution is 2.29. The average molecular weight is 210 g/mol. The van der Waals surface area contributed by atoms with Crippen molar-refractivity contribution in [3.8, 4) is 0 Å². The average Bonchev–Trinajstić information content (AvgIpc) is 2.28. The third-order valence-corrected chi connectivity index (χ3v) is 3.31. The molecule has 0 saturated carbocycles. The van der Waals surface area contributed by atoms with Gasteiger partial charge in [0.2, 0.25) is 0 Å². The van der Waals surface area contributed by atoms with Gasteiger partial charge in [0.1, 0.15) is 0 Å². The van der Waals surface area contributed by atoms with Gasteiger partial charge in [-0.15, -0.1) is 0 Å². The van der Waals surface area contributed by atoms with Crippen molar-refractivity contribution in [3.05, 3.63) is 12.2 Å². The van der Waals surface area contributed by atoms with Crippen LogP contribution < -0.4 is 5.32 Å². The monoisotopic (exact) mass is 210 g/mol. The largest absolute Gasteiger partial charge is 0.316 e. The van der Waals surface area contributed by atoms with Crippen molar-refractivity contribution in [2.24, 2.45) is 5.41 Å². The molecule has 0 aromatic carbocycles. The van der Waals surface area contributed by atoms with Gasteiger partial charge in [-0.25, -0.2) is 0 Å². The minimum Gasteiger partial charge on any atom is -0.316 e. The third-order valence-electron chi connectivity index (χ3n) is 3.31. The second kappa shape index (κ2) is 5.66. The van der Waals surface area contributed by atoms with Crippen LogP contribution in [0.2, 0.25) is 0 Å². The van der Waals surface area contributed by atoms with Crippen LogP contribution in [0, 0.1) is 5.41 Å². The predicted octanol–water partition coefficient (Wildman–Crippen LogP) is 2.27. The molecule has 1 aliphatic heterocycles. The summed E-state index contributed by atoms with van der Waals surface area (Å²) in [6.45, 7) is 13.4. The van der Waals surface area contributed by atoms with Crippen molar-refractivity contribution >= 4 is 0 Å². The van der Waals surface area contributed by atoms with Crippen LogP contribution in [0.4, 0.5) is 0 Å². The SMILES string of the molecule is C=C(CNC)CN1CCCC(C)(C)CC1. The highest BCUT2D eigenvalue weighted by Gasteiger charge is 2.22. The van der Waals surface area contributed by atoms with Gasteiger partial charge in [-0.1, -0.05) is 20.4 Å². The van der Waals surface area contributed by atoms with E-state index in [0.717, 1.165) is 13.1 Å². The normalized spacial score (nSPS) is 22.3. The molecular formula is C13H26N2. The topological polar surface area (TPSA) is 15.3 Å². The molecule has 15 heavy (non-hydrogen) atoms. The standard InChI is InChI=1S/C13H26N2/c1-12(10-14-4)11-15-8-5-6-13(2,3)7-9-15/h14H,1,5-11H2,2-4H3. The van der Waals surface area contributed by atoms with Crippen LogP contribution in [0.15, 0.2) is 12.2 Å². The molecule has 0 aromatic rings. The summed E-state index contributed by atoms with van der Waals surface area (Å²) in [7, 11) is 1.98. The summed E-state index contributed by atoms with van der Waals surface area (Å²) in [6.07, 6.45) is 4.02. The Morgan fingerprint density at radius 2 is 2.07 bits per heavy atom. The Kier molecular flexibility index (Phi) is 4.81. The second-order valence-electron chi connectivity index (χ2n) is 5.57. The summed E-state index contributed by atoms with van der Waals surface area (Å²) >= 11 is 0. The number of hydrogen-bond acceptors (Lipinski definition) is 2. The maximum atomic E-state index is 4.10. The van der Waals surface area contributed by atoms with Crippen molar-refractivity contribution in [2.75, 3.05) is 33.2 Å². The molecular weight excluding hydrogens is 184 g/mol. The lowest BCUT2D eigenvalue weighted by molar-refractivity contribution is 0.276. The summed E-state index contributed by atoms with van der Waals surface area (Å²) in [5.41, 5.74) is 1.84. The predicted molar refractivity (Wildman–Crippen MR) is 67.1 cm³/mol. The Labute approximate surface area is 94.7 Å². The van der Waals surface area contributed by atoms with Crippen molar-refractivity contribution in [1.29, 1.82) is 0 Å². The van der Waals surface area contributed by atoms with Crippen molar-refractivity contribution in [1.82, 2.24) is 10.2 Å². The van der Waals surface area contributed by atoms with Crippen LogP contribution in [-0.4, -0.2) is 38.1 Å². The number of nitrogens with zero attached hydrogens (tertiary/aromatic N) is 1. The quantitative estimate of drug-likeness (QED) is 0.716. The van der Waals surface area contributed by atoms with Gasteiger partial charge in [-0.05, 0) is 50.4 Å². The Hall–Kier alpha value is -0.340. The minimum atomic E-state index is 0.541. The molecule has 88 valence electrons. The highest BCUT2D eigenvalue weighted by atomic mass is 15.1. The summed E-state index contributed by atoms with van der Waals surface area (Å²) in [6, 6.07) is 0. The maximum Gasteiger partial charge on any atom is 0.0202 e. The zero-order valence-corrected chi connectivity index (χ0v) is 10.6. The van der Waals surface area contributed by atoms with Gasteiger partial charge in [0, 0.05) is 13.1 Å². The molecule has 0 aliphatic carbocycles. The number of likely N-dealkylation sites (N-methyl/N-ethyl adjacent to an activating group) is 1. The first-order valence-electron chi connectivity index (χ1n) is 6.07. The van der Waals surface area contributed by atoms with Gasteiger partial charge in [-0.2, -0.15) is 0 Å². The number of nitrogens with one attached hydrogen (secondary N) is 1. The Morgan fingerprint density at radius 1 is 1.33 bits per heavy atom. The fourth-order valence-electron chi connectivity index (χ4n) is 2.26. The molecule has 0 unspecified atom stereocenters. The minimum absolute atomic E-state index is 0.541. The summed E-state index contributed by atoms with van der Waals surface area (Å²) in [5.74, 6) is 0. The first-order chi connectivity index (χ1) is 7.03. The van der Waals surface area contributed by atoms with Crippen molar-refractivity contribution < 1.29 is 0 Å². The molecule has 0 amide bonds. The molecule has 1 N–H and O–H groups in total. The molecule has 1 saturated heterocycles. The Bertz CT molecular complexity index is 209. The van der Waals surface area contributed by atoms with E-state index < -0.39 is 0 Å². The molecule has 0 bridgehead atoms. The van der Waals surface area contributed by atoms with Crippen LogP contribution in [0.3, 0.4) is 0 Å². The van der Waals surface area contributed by atoms with Gasteiger partial charge in [0.15, 0.2) is 0 Å². The van der Waals surface area contributed by atoms with Crippen LogP contribution in [0.25, 0.3) is 0 Å². The van der Waals surface area contributed by atoms with E-state index in [9.17, 15) is 0 Å². The molecule has 2 nitrogen and oxygen atoms in total. The lowest BCUT2D eigenvalue weighted by Gasteiger charge is -2.23. The fourth-order valence-corrected chi connectivity index (χ4v) is 2.26. The van der Waals surface area contributed by atoms with E-state index in [4.69, 9.17) is 0 Å². The lowest BCUT2D eigenvalue weighted by Crippen LogP contribution is -2.29. The van der Waals surface area contributed by atoms with Crippen molar-refractivity contribution in [3.63, 3.8) is 0 Å². The van der Waals surface area contributed by atoms with E-state index in [1.54, 1.807) is 0 Å². The smallest absolute Gasteiger partial charge is 0.0202 e. The van der Waals surface area contributed by atoms with E-state index in [1.165, 1.54) is 37.9 Å². The van der Waals surface area contributed by atoms with E-state index in [2.05, 4.69) is 30.6 Å². The fraction of sp³-hybridized carbons (Fsp3) is 0.846. The zero-order chi connectivity index (χ0) is 11.3. The van der Waals surface area contributed by atoms with Crippen LogP contribution in [-0.2, 0) is 0 Å². The van der Waals surface area contributed by atoms with Crippen LogP contribution in [0.1, 0.15) is 33.1 Å². The third kappa shape index (κ3) is 4.80. The Morgan fingerprint density at radius 3 is 2.73 bits per heavy atom. The summed E-state index contributed by atoms with van der Waals surface area (Å²) in [4.78, 5) is 2.55. The molecule has 1 heterocycles. The summed E-state index contributed by atoms with van der Waals surface area (Å²) in [5, 5.41) is 3.16. The molecule has 0 spiro atoms. The molecule has 1 aliphatic rings. The number of likely N-dealkylation sites (tertiary alicyclic amines) is 1. The van der Waals surface area contributed by atoms with Gasteiger partial charge < -0.3 is 5.32 Å². The van der Waals surface area contributed by atoms with Crippen LogP contribution in [0.5, 0.6) is 0 Å². The lowest BCUT2D eigenvalue weighted by atomic mass is 9.85. The molecule has 0 radical (unpaired) electrons. The first kappa shape index (κ1) is 12.7. The molecule has 1 fully saturated rings. The Balaban J connectivity index is 2.34. The van der Waals surface area contributed by atoms with Gasteiger partial charge in [0.05, 0.1) is 0 Å². The second-order valence-corrected chi connectivity index (χ2v) is 5.57. The van der Waals surface area contributed by atoms with Crippen molar-refractivity contribution in [2.45, 2.75) is 33.1 Å². The van der Waals surface area contributed by atoms with E-state index in [0.29, 0.717) is 5.41 Å². The van der Waals surface area contributed by atoms with E-state index >= 15 is 0 Å². The van der Waals surface area contributed by atoms with Gasteiger partial charge in [-0.3, -0.25) is 4.90 Å². The van der Waals surface area contributed by atoms with Crippen LogP contribution >= 0.6 is 0 Å². The zero-order valence-electron chi connectivity index (χ0n) is 10.6. The molecule has 0 aromatic heterocycles. The number of rotatable bonds is 4. The summed E-state index contributed by atoms with van der Waals surface area (Å²) < 4.78 is 0.